The maximum Gasteiger partial charge on any atom is 0.102 e. The summed E-state index contributed by atoms with van der Waals surface area (Å²) in [5.41, 5.74) is 3.10. The highest BCUT2D eigenvalue weighted by atomic mass is 35.5. The molecular weight excluding hydrogens is 286 g/mol. The third-order valence-electron chi connectivity index (χ3n) is 3.88. The average molecular weight is 300 g/mol. The fourth-order valence-corrected chi connectivity index (χ4v) is 2.93. The fourth-order valence-electron chi connectivity index (χ4n) is 2.80. The van der Waals surface area contributed by atoms with Crippen molar-refractivity contribution >= 4 is 22.5 Å². The summed E-state index contributed by atoms with van der Waals surface area (Å²) in [6.45, 7) is 1.52. The molecule has 1 atom stereocenters. The first-order chi connectivity index (χ1) is 10.3. The summed E-state index contributed by atoms with van der Waals surface area (Å²) in [4.78, 5) is 4.25. The highest BCUT2D eigenvalue weighted by Gasteiger charge is 2.22. The van der Waals surface area contributed by atoms with Crippen LogP contribution in [0.15, 0.2) is 42.7 Å². The number of pyridine rings is 1. The molecule has 1 aromatic carbocycles. The van der Waals surface area contributed by atoms with Crippen molar-refractivity contribution in [2.45, 2.75) is 12.5 Å². The van der Waals surface area contributed by atoms with Gasteiger partial charge in [0.05, 0.1) is 18.2 Å². The molecule has 1 aliphatic rings. The van der Waals surface area contributed by atoms with E-state index in [1.54, 1.807) is 0 Å². The van der Waals surface area contributed by atoms with Crippen LogP contribution in [0.25, 0.3) is 22.2 Å². The summed E-state index contributed by atoms with van der Waals surface area (Å²) in [5.74, 6) is 0. The summed E-state index contributed by atoms with van der Waals surface area (Å²) in [6.07, 6.45) is 4.68. The highest BCUT2D eigenvalue weighted by molar-refractivity contribution is 6.30. The first-order valence-corrected chi connectivity index (χ1v) is 7.36. The van der Waals surface area contributed by atoms with E-state index in [4.69, 9.17) is 21.4 Å². The second-order valence-electron chi connectivity index (χ2n) is 5.21. The number of aromatic nitrogens is 3. The Morgan fingerprint density at radius 1 is 1.19 bits per heavy atom. The minimum Gasteiger partial charge on any atom is -0.379 e. The van der Waals surface area contributed by atoms with Crippen LogP contribution in [0.3, 0.4) is 0 Å². The summed E-state index contributed by atoms with van der Waals surface area (Å²) in [5, 5.41) is 6.61. The Morgan fingerprint density at radius 2 is 2.05 bits per heavy atom. The second-order valence-corrected chi connectivity index (χ2v) is 5.65. The molecule has 5 heteroatoms. The van der Waals surface area contributed by atoms with Gasteiger partial charge in [-0.1, -0.05) is 23.7 Å². The van der Waals surface area contributed by atoms with Crippen LogP contribution >= 0.6 is 11.6 Å². The first-order valence-electron chi connectivity index (χ1n) is 6.99. The Labute approximate surface area is 127 Å². The van der Waals surface area contributed by atoms with Gasteiger partial charge < -0.3 is 4.74 Å². The number of rotatable bonds is 2. The standard InChI is InChI=1S/C16H14ClN3O/c17-12-3-1-11(2-4-12)16-14-9-18-7-5-15(14)20(19-16)13-6-8-21-10-13/h1-5,7,9,13H,6,8,10H2/t13-/m0/s1. The molecule has 0 saturated carbocycles. The van der Waals surface area contributed by atoms with Gasteiger partial charge in [-0.25, -0.2) is 0 Å². The third kappa shape index (κ3) is 2.20. The molecule has 21 heavy (non-hydrogen) atoms. The fraction of sp³-hybridized carbons (Fsp3) is 0.250. The van der Waals surface area contributed by atoms with E-state index in [1.807, 2.05) is 42.7 Å². The average Bonchev–Trinajstić information content (AvgIpc) is 3.15. The van der Waals surface area contributed by atoms with Gasteiger partial charge >= 0.3 is 0 Å². The lowest BCUT2D eigenvalue weighted by molar-refractivity contribution is 0.185. The van der Waals surface area contributed by atoms with E-state index in [2.05, 4.69) is 9.67 Å². The van der Waals surface area contributed by atoms with Crippen LogP contribution in [0.1, 0.15) is 12.5 Å². The number of hydrogen-bond donors (Lipinski definition) is 0. The summed E-state index contributed by atoms with van der Waals surface area (Å²) in [7, 11) is 0. The van der Waals surface area contributed by atoms with Crippen molar-refractivity contribution in [1.29, 1.82) is 0 Å². The first kappa shape index (κ1) is 12.8. The van der Waals surface area contributed by atoms with Crippen LogP contribution in [-0.4, -0.2) is 28.0 Å². The maximum absolute atomic E-state index is 5.97. The molecule has 0 unspecified atom stereocenters. The van der Waals surface area contributed by atoms with E-state index in [1.165, 1.54) is 0 Å². The molecule has 0 spiro atoms. The van der Waals surface area contributed by atoms with Gasteiger partial charge in [-0.3, -0.25) is 9.67 Å². The molecule has 0 amide bonds. The zero-order valence-corrected chi connectivity index (χ0v) is 12.1. The van der Waals surface area contributed by atoms with E-state index in [9.17, 15) is 0 Å². The van der Waals surface area contributed by atoms with Crippen LogP contribution in [0.4, 0.5) is 0 Å². The third-order valence-corrected chi connectivity index (χ3v) is 4.13. The lowest BCUT2D eigenvalue weighted by Crippen LogP contribution is -2.10. The largest absolute Gasteiger partial charge is 0.379 e. The zero-order chi connectivity index (χ0) is 14.2. The van der Waals surface area contributed by atoms with Gasteiger partial charge in [-0.15, -0.1) is 0 Å². The molecule has 106 valence electrons. The monoisotopic (exact) mass is 299 g/mol. The Morgan fingerprint density at radius 3 is 2.81 bits per heavy atom. The van der Waals surface area contributed by atoms with Crippen LogP contribution < -0.4 is 0 Å². The Kier molecular flexibility index (Phi) is 3.13. The molecule has 0 N–H and O–H groups in total. The molecule has 0 bridgehead atoms. The Bertz CT molecular complexity index is 776. The minimum absolute atomic E-state index is 0.302. The van der Waals surface area contributed by atoms with E-state index in [0.717, 1.165) is 46.8 Å². The minimum atomic E-state index is 0.302. The van der Waals surface area contributed by atoms with Gasteiger partial charge in [-0.2, -0.15) is 5.10 Å². The normalized spacial score (nSPS) is 18.4. The molecule has 2 aromatic heterocycles. The molecule has 1 fully saturated rings. The van der Waals surface area contributed by atoms with Crippen molar-refractivity contribution in [1.82, 2.24) is 14.8 Å². The molecule has 1 saturated heterocycles. The van der Waals surface area contributed by atoms with Crippen LogP contribution in [-0.2, 0) is 4.74 Å². The van der Waals surface area contributed by atoms with Gasteiger partial charge in [-0.05, 0) is 24.6 Å². The van der Waals surface area contributed by atoms with Gasteiger partial charge in [0.2, 0.25) is 0 Å². The summed E-state index contributed by atoms with van der Waals surface area (Å²) < 4.78 is 7.57. The molecule has 4 nitrogen and oxygen atoms in total. The molecular formula is C16H14ClN3O. The number of fused-ring (bicyclic) bond motifs is 1. The zero-order valence-electron chi connectivity index (χ0n) is 11.4. The SMILES string of the molecule is Clc1ccc(-c2nn([C@H]3CCOC3)c3ccncc23)cc1. The number of ether oxygens (including phenoxy) is 1. The lowest BCUT2D eigenvalue weighted by atomic mass is 10.1. The van der Waals surface area contributed by atoms with E-state index in [-0.39, 0.29) is 0 Å². The molecule has 1 aliphatic heterocycles. The van der Waals surface area contributed by atoms with E-state index >= 15 is 0 Å². The van der Waals surface area contributed by atoms with Crippen molar-refractivity contribution in [2.75, 3.05) is 13.2 Å². The van der Waals surface area contributed by atoms with Crippen molar-refractivity contribution in [2.24, 2.45) is 0 Å². The smallest absolute Gasteiger partial charge is 0.102 e. The van der Waals surface area contributed by atoms with Crippen molar-refractivity contribution in [3.05, 3.63) is 47.7 Å². The van der Waals surface area contributed by atoms with Crippen molar-refractivity contribution < 1.29 is 4.74 Å². The predicted octanol–water partition coefficient (Wildman–Crippen LogP) is 3.71. The molecule has 0 radical (unpaired) electrons. The number of hydrogen-bond acceptors (Lipinski definition) is 3. The molecule has 3 aromatic rings. The molecule has 0 aliphatic carbocycles. The van der Waals surface area contributed by atoms with Crippen molar-refractivity contribution in [3.63, 3.8) is 0 Å². The summed E-state index contributed by atoms with van der Waals surface area (Å²) >= 11 is 5.97. The molecule has 4 rings (SSSR count). The Balaban J connectivity index is 1.90. The lowest BCUT2D eigenvalue weighted by Gasteiger charge is -2.09. The van der Waals surface area contributed by atoms with Gasteiger partial charge in [0.1, 0.15) is 5.69 Å². The van der Waals surface area contributed by atoms with Gasteiger partial charge in [0, 0.05) is 35.0 Å². The van der Waals surface area contributed by atoms with Crippen LogP contribution in [0.2, 0.25) is 5.02 Å². The number of nitrogens with zero attached hydrogens (tertiary/aromatic N) is 3. The van der Waals surface area contributed by atoms with Crippen molar-refractivity contribution in [3.8, 4) is 11.3 Å². The Hall–Kier alpha value is -1.91. The van der Waals surface area contributed by atoms with E-state index < -0.39 is 0 Å². The quantitative estimate of drug-likeness (QED) is 0.724. The van der Waals surface area contributed by atoms with Crippen LogP contribution in [0.5, 0.6) is 0 Å². The number of halogens is 1. The van der Waals surface area contributed by atoms with E-state index in [0.29, 0.717) is 6.04 Å². The van der Waals surface area contributed by atoms with Gasteiger partial charge in [0.25, 0.3) is 0 Å². The highest BCUT2D eigenvalue weighted by Crippen LogP contribution is 2.31. The second kappa shape index (κ2) is 5.13. The topological polar surface area (TPSA) is 39.9 Å². The predicted molar refractivity (Wildman–Crippen MR) is 82.4 cm³/mol. The maximum atomic E-state index is 5.97. The van der Waals surface area contributed by atoms with Crippen LogP contribution in [0, 0.1) is 0 Å². The number of benzene rings is 1. The van der Waals surface area contributed by atoms with Gasteiger partial charge in [0.15, 0.2) is 0 Å². The molecule has 3 heterocycles. The summed E-state index contributed by atoms with van der Waals surface area (Å²) in [6, 6.07) is 10.1.